The van der Waals surface area contributed by atoms with E-state index < -0.39 is 5.60 Å². The number of carbonyl (C=O) groups is 1. The summed E-state index contributed by atoms with van der Waals surface area (Å²) in [5.41, 5.74) is 3.35. The van der Waals surface area contributed by atoms with Gasteiger partial charge in [-0.2, -0.15) is 0 Å². The van der Waals surface area contributed by atoms with Crippen LogP contribution in [-0.4, -0.2) is 48.3 Å². The summed E-state index contributed by atoms with van der Waals surface area (Å²) in [4.78, 5) is 16.3. The molecule has 0 spiro atoms. The standard InChI is InChI=1S/C16H18N2O3/c19-7-11-6-13-12-2-1-5-18(8-16(20)9-21-10-16)15(12)4-3-14(13)17-11/h3-4,6-7,17,20H,1-2,5,8-10H2. The van der Waals surface area contributed by atoms with Crippen LogP contribution in [-0.2, 0) is 11.2 Å². The first kappa shape index (κ1) is 12.9. The van der Waals surface area contributed by atoms with Crippen LogP contribution in [0.4, 0.5) is 5.69 Å². The Hall–Kier alpha value is -1.85. The molecule has 21 heavy (non-hydrogen) atoms. The van der Waals surface area contributed by atoms with Gasteiger partial charge in [0.1, 0.15) is 5.60 Å². The Morgan fingerprint density at radius 2 is 2.29 bits per heavy atom. The van der Waals surface area contributed by atoms with Crippen LogP contribution in [0, 0.1) is 0 Å². The molecule has 4 rings (SSSR count). The number of aldehydes is 1. The third-order valence-electron chi connectivity index (χ3n) is 4.46. The second-order valence-corrected chi connectivity index (χ2v) is 6.11. The van der Waals surface area contributed by atoms with Crippen molar-refractivity contribution in [3.05, 3.63) is 29.5 Å². The van der Waals surface area contributed by atoms with Crippen molar-refractivity contribution < 1.29 is 14.6 Å². The first-order valence-corrected chi connectivity index (χ1v) is 7.33. The van der Waals surface area contributed by atoms with Gasteiger partial charge in [-0.15, -0.1) is 0 Å². The predicted molar refractivity (Wildman–Crippen MR) is 80.0 cm³/mol. The molecule has 0 amide bonds. The Labute approximate surface area is 122 Å². The SMILES string of the molecule is O=Cc1cc2c3c(ccc2[nH]1)N(CC1(O)COC1)CCC3. The highest BCUT2D eigenvalue weighted by Crippen LogP contribution is 2.35. The minimum atomic E-state index is -0.713. The molecule has 0 saturated carbocycles. The van der Waals surface area contributed by atoms with Crippen molar-refractivity contribution in [3.8, 4) is 0 Å². The Morgan fingerprint density at radius 1 is 1.43 bits per heavy atom. The number of nitrogens with zero attached hydrogens (tertiary/aromatic N) is 1. The molecule has 0 atom stereocenters. The molecule has 1 aromatic heterocycles. The van der Waals surface area contributed by atoms with E-state index in [0.717, 1.165) is 36.6 Å². The lowest BCUT2D eigenvalue weighted by Gasteiger charge is -2.42. The summed E-state index contributed by atoms with van der Waals surface area (Å²) in [7, 11) is 0. The number of hydrogen-bond acceptors (Lipinski definition) is 4. The fraction of sp³-hybridized carbons (Fsp3) is 0.438. The number of fused-ring (bicyclic) bond motifs is 3. The first-order valence-electron chi connectivity index (χ1n) is 7.33. The van der Waals surface area contributed by atoms with E-state index in [1.807, 2.05) is 12.1 Å². The van der Waals surface area contributed by atoms with Crippen molar-refractivity contribution in [2.24, 2.45) is 0 Å². The summed E-state index contributed by atoms with van der Waals surface area (Å²) in [5.74, 6) is 0. The van der Waals surface area contributed by atoms with Gasteiger partial charge in [0.15, 0.2) is 6.29 Å². The topological polar surface area (TPSA) is 65.6 Å². The quantitative estimate of drug-likeness (QED) is 0.839. The highest BCUT2D eigenvalue weighted by molar-refractivity contribution is 5.93. The number of carbonyl (C=O) groups excluding carboxylic acids is 1. The zero-order valence-electron chi connectivity index (χ0n) is 11.8. The van der Waals surface area contributed by atoms with E-state index in [1.165, 1.54) is 11.3 Å². The summed E-state index contributed by atoms with van der Waals surface area (Å²) in [6.45, 7) is 2.39. The minimum Gasteiger partial charge on any atom is -0.383 e. The Morgan fingerprint density at radius 3 is 3.00 bits per heavy atom. The maximum Gasteiger partial charge on any atom is 0.166 e. The maximum atomic E-state index is 11.0. The van der Waals surface area contributed by atoms with Crippen LogP contribution in [0.25, 0.3) is 10.9 Å². The molecule has 2 N–H and O–H groups in total. The van der Waals surface area contributed by atoms with Crippen LogP contribution >= 0.6 is 0 Å². The molecule has 1 fully saturated rings. The molecule has 5 heteroatoms. The normalized spacial score (nSPS) is 20.1. The predicted octanol–water partition coefficient (Wildman–Crippen LogP) is 1.49. The second kappa shape index (κ2) is 4.58. The number of hydrogen-bond donors (Lipinski definition) is 2. The summed E-state index contributed by atoms with van der Waals surface area (Å²) in [5, 5.41) is 11.4. The van der Waals surface area contributed by atoms with Crippen LogP contribution < -0.4 is 4.90 Å². The lowest BCUT2D eigenvalue weighted by atomic mass is 9.95. The van der Waals surface area contributed by atoms with Crippen LogP contribution in [0.3, 0.4) is 0 Å². The Bertz CT molecular complexity index is 703. The van der Waals surface area contributed by atoms with Crippen LogP contribution in [0.5, 0.6) is 0 Å². The van der Waals surface area contributed by atoms with E-state index in [9.17, 15) is 9.90 Å². The van der Waals surface area contributed by atoms with Gasteiger partial charge < -0.3 is 19.7 Å². The van der Waals surface area contributed by atoms with Crippen LogP contribution in [0.15, 0.2) is 18.2 Å². The molecule has 1 aromatic carbocycles. The fourth-order valence-corrected chi connectivity index (χ4v) is 3.41. The maximum absolute atomic E-state index is 11.0. The third-order valence-corrected chi connectivity index (χ3v) is 4.46. The summed E-state index contributed by atoms with van der Waals surface area (Å²) >= 11 is 0. The average Bonchev–Trinajstić information content (AvgIpc) is 2.89. The van der Waals surface area contributed by atoms with Gasteiger partial charge in [0.25, 0.3) is 0 Å². The highest BCUT2D eigenvalue weighted by atomic mass is 16.5. The average molecular weight is 286 g/mol. The molecule has 110 valence electrons. The van der Waals surface area contributed by atoms with Crippen LogP contribution in [0.1, 0.15) is 22.5 Å². The molecule has 2 aromatic rings. The molecule has 5 nitrogen and oxygen atoms in total. The molecule has 0 unspecified atom stereocenters. The fourth-order valence-electron chi connectivity index (χ4n) is 3.41. The van der Waals surface area contributed by atoms with Gasteiger partial charge in [-0.1, -0.05) is 0 Å². The van der Waals surface area contributed by atoms with Gasteiger partial charge >= 0.3 is 0 Å². The summed E-state index contributed by atoms with van der Waals surface area (Å²) < 4.78 is 5.13. The summed E-state index contributed by atoms with van der Waals surface area (Å²) in [6.07, 6.45) is 2.92. The van der Waals surface area contributed by atoms with Crippen molar-refractivity contribution in [3.63, 3.8) is 0 Å². The molecule has 1 saturated heterocycles. The van der Waals surface area contributed by atoms with Gasteiger partial charge in [-0.3, -0.25) is 4.79 Å². The van der Waals surface area contributed by atoms with Gasteiger partial charge in [0.05, 0.1) is 25.5 Å². The third kappa shape index (κ3) is 2.04. The van der Waals surface area contributed by atoms with Crippen LogP contribution in [0.2, 0.25) is 0 Å². The number of H-pyrrole nitrogens is 1. The molecule has 0 bridgehead atoms. The molecule has 3 heterocycles. The Balaban J connectivity index is 1.75. The second-order valence-electron chi connectivity index (χ2n) is 6.11. The molecule has 0 aliphatic carbocycles. The van der Waals surface area contributed by atoms with Crippen molar-refractivity contribution in [1.29, 1.82) is 0 Å². The number of ether oxygens (including phenoxy) is 1. The number of rotatable bonds is 3. The van der Waals surface area contributed by atoms with Crippen molar-refractivity contribution in [2.75, 3.05) is 31.2 Å². The first-order chi connectivity index (χ1) is 10.2. The lowest BCUT2D eigenvalue weighted by molar-refractivity contribution is -0.171. The van der Waals surface area contributed by atoms with Gasteiger partial charge in [-0.05, 0) is 36.6 Å². The van der Waals surface area contributed by atoms with E-state index in [4.69, 9.17) is 4.74 Å². The highest BCUT2D eigenvalue weighted by Gasteiger charge is 2.38. The van der Waals surface area contributed by atoms with E-state index in [-0.39, 0.29) is 0 Å². The van der Waals surface area contributed by atoms with E-state index >= 15 is 0 Å². The number of aromatic amines is 1. The number of aliphatic hydroxyl groups is 1. The zero-order valence-corrected chi connectivity index (χ0v) is 11.8. The van der Waals surface area contributed by atoms with E-state index in [0.29, 0.717) is 25.5 Å². The zero-order chi connectivity index (χ0) is 14.4. The number of β-amino-alcohol motifs (C(OH)–C–C–N with tert-alkyl or cyclic N) is 1. The minimum absolute atomic E-state index is 0.417. The number of nitrogens with one attached hydrogen (secondary N) is 1. The molecular weight excluding hydrogens is 268 g/mol. The molecule has 2 aliphatic heterocycles. The molecular formula is C16H18N2O3. The summed E-state index contributed by atoms with van der Waals surface area (Å²) in [6, 6.07) is 6.03. The Kier molecular flexibility index (Phi) is 2.80. The van der Waals surface area contributed by atoms with E-state index in [2.05, 4.69) is 16.0 Å². The van der Waals surface area contributed by atoms with Crippen molar-refractivity contribution in [2.45, 2.75) is 18.4 Å². The van der Waals surface area contributed by atoms with Crippen molar-refractivity contribution >= 4 is 22.9 Å². The largest absolute Gasteiger partial charge is 0.383 e. The molecule has 2 aliphatic rings. The number of aryl methyl sites for hydroxylation is 1. The molecule has 0 radical (unpaired) electrons. The monoisotopic (exact) mass is 286 g/mol. The lowest BCUT2D eigenvalue weighted by Crippen LogP contribution is -2.57. The number of aromatic nitrogens is 1. The van der Waals surface area contributed by atoms with E-state index in [1.54, 1.807) is 0 Å². The van der Waals surface area contributed by atoms with Gasteiger partial charge in [-0.25, -0.2) is 0 Å². The number of anilines is 1. The van der Waals surface area contributed by atoms with Gasteiger partial charge in [0.2, 0.25) is 0 Å². The van der Waals surface area contributed by atoms with Gasteiger partial charge in [0, 0.05) is 23.1 Å². The number of benzene rings is 1. The smallest absolute Gasteiger partial charge is 0.166 e. The van der Waals surface area contributed by atoms with Crippen molar-refractivity contribution in [1.82, 2.24) is 4.98 Å².